The van der Waals surface area contributed by atoms with Crippen molar-refractivity contribution < 1.29 is 0 Å². The van der Waals surface area contributed by atoms with Crippen molar-refractivity contribution in [3.05, 3.63) is 0 Å². The molecule has 1 fully saturated rings. The Morgan fingerprint density at radius 1 is 1.25 bits per heavy atom. The van der Waals surface area contributed by atoms with Gasteiger partial charge in [0, 0.05) is 0 Å². The minimum Gasteiger partial charge on any atom is -0.0649 e. The highest BCUT2D eigenvalue weighted by Gasteiger charge is 2.39. The van der Waals surface area contributed by atoms with Crippen molar-refractivity contribution in [2.45, 2.75) is 60.3 Å². The van der Waals surface area contributed by atoms with Gasteiger partial charge in [0.1, 0.15) is 0 Å². The maximum Gasteiger partial charge on any atom is -0.0323 e. The molecule has 1 aliphatic carbocycles. The van der Waals surface area contributed by atoms with Crippen LogP contribution in [0.2, 0.25) is 0 Å². The van der Waals surface area contributed by atoms with E-state index in [1.807, 2.05) is 0 Å². The van der Waals surface area contributed by atoms with Crippen LogP contribution in [0, 0.1) is 16.7 Å². The minimum absolute atomic E-state index is 0.572. The van der Waals surface area contributed by atoms with Gasteiger partial charge in [-0.25, -0.2) is 0 Å². The fourth-order valence-corrected chi connectivity index (χ4v) is 2.62. The van der Waals surface area contributed by atoms with Crippen LogP contribution >= 0.6 is 0 Å². The summed E-state index contributed by atoms with van der Waals surface area (Å²) in [6.45, 7) is 12.1. The van der Waals surface area contributed by atoms with E-state index in [2.05, 4.69) is 34.6 Å². The van der Waals surface area contributed by atoms with Crippen LogP contribution in [0.1, 0.15) is 60.3 Å². The molecule has 0 bridgehead atoms. The quantitative estimate of drug-likeness (QED) is 0.549. The van der Waals surface area contributed by atoms with Crippen molar-refractivity contribution in [2.75, 3.05) is 0 Å². The van der Waals surface area contributed by atoms with Crippen LogP contribution in [0.4, 0.5) is 0 Å². The average molecular weight is 168 g/mol. The Morgan fingerprint density at radius 3 is 2.25 bits per heavy atom. The fourth-order valence-electron chi connectivity index (χ4n) is 2.62. The first-order valence-corrected chi connectivity index (χ1v) is 5.40. The topological polar surface area (TPSA) is 0 Å². The summed E-state index contributed by atoms with van der Waals surface area (Å²) < 4.78 is 0. The Kier molecular flexibility index (Phi) is 2.56. The minimum atomic E-state index is 0.572. The van der Waals surface area contributed by atoms with Gasteiger partial charge in [-0.2, -0.15) is 0 Å². The van der Waals surface area contributed by atoms with Crippen molar-refractivity contribution in [1.82, 2.24) is 0 Å². The van der Waals surface area contributed by atoms with Crippen LogP contribution < -0.4 is 0 Å². The second kappa shape index (κ2) is 3.05. The van der Waals surface area contributed by atoms with Crippen molar-refractivity contribution >= 4 is 0 Å². The summed E-state index contributed by atoms with van der Waals surface area (Å²) in [5.41, 5.74) is 1.21. The van der Waals surface area contributed by atoms with Crippen molar-refractivity contribution in [3.8, 4) is 0 Å². The number of rotatable bonds is 1. The standard InChI is InChI=1S/C12H24/c1-6-12(5)8-7-10(2)11(3,4)9-12/h10H,6-9H2,1-5H3. The van der Waals surface area contributed by atoms with Gasteiger partial charge in [-0.3, -0.25) is 0 Å². The van der Waals surface area contributed by atoms with Gasteiger partial charge < -0.3 is 0 Å². The van der Waals surface area contributed by atoms with E-state index >= 15 is 0 Å². The summed E-state index contributed by atoms with van der Waals surface area (Å²) in [7, 11) is 0. The monoisotopic (exact) mass is 168 g/mol. The molecule has 0 aliphatic heterocycles. The molecule has 72 valence electrons. The van der Waals surface area contributed by atoms with Crippen LogP contribution in [0.5, 0.6) is 0 Å². The summed E-state index contributed by atoms with van der Waals surface area (Å²) in [5, 5.41) is 0. The SMILES string of the molecule is CCC1(C)CCC(C)C(C)(C)C1. The first kappa shape index (κ1) is 10.1. The molecular formula is C12H24. The predicted octanol–water partition coefficient (Wildman–Crippen LogP) is 4.25. The molecule has 0 N–H and O–H groups in total. The Morgan fingerprint density at radius 2 is 1.83 bits per heavy atom. The zero-order valence-electron chi connectivity index (χ0n) is 9.41. The van der Waals surface area contributed by atoms with E-state index in [0.29, 0.717) is 10.8 Å². The molecule has 0 saturated heterocycles. The van der Waals surface area contributed by atoms with E-state index < -0.39 is 0 Å². The van der Waals surface area contributed by atoms with E-state index in [-0.39, 0.29) is 0 Å². The molecule has 0 heterocycles. The fraction of sp³-hybridized carbons (Fsp3) is 1.00. The van der Waals surface area contributed by atoms with Crippen LogP contribution in [-0.2, 0) is 0 Å². The van der Waals surface area contributed by atoms with Crippen LogP contribution in [0.25, 0.3) is 0 Å². The lowest BCUT2D eigenvalue weighted by molar-refractivity contribution is 0.0444. The van der Waals surface area contributed by atoms with Gasteiger partial charge in [-0.1, -0.05) is 41.0 Å². The summed E-state index contributed by atoms with van der Waals surface area (Å²) in [6, 6.07) is 0. The molecule has 0 aromatic heterocycles. The molecule has 0 aromatic rings. The van der Waals surface area contributed by atoms with Gasteiger partial charge in [0.25, 0.3) is 0 Å². The lowest BCUT2D eigenvalue weighted by atomic mass is 9.59. The molecular weight excluding hydrogens is 144 g/mol. The van der Waals surface area contributed by atoms with Gasteiger partial charge in [0.2, 0.25) is 0 Å². The Labute approximate surface area is 77.7 Å². The lowest BCUT2D eigenvalue weighted by Gasteiger charge is -2.46. The van der Waals surface area contributed by atoms with E-state index in [9.17, 15) is 0 Å². The molecule has 0 amide bonds. The molecule has 12 heavy (non-hydrogen) atoms. The normalized spacial score (nSPS) is 41.2. The Bertz CT molecular complexity index is 155. The first-order chi connectivity index (χ1) is 5.40. The summed E-state index contributed by atoms with van der Waals surface area (Å²) in [4.78, 5) is 0. The van der Waals surface area contributed by atoms with Gasteiger partial charge in [0.15, 0.2) is 0 Å². The highest BCUT2D eigenvalue weighted by Crippen LogP contribution is 2.50. The lowest BCUT2D eigenvalue weighted by Crippen LogP contribution is -2.35. The number of hydrogen-bond donors (Lipinski definition) is 0. The van der Waals surface area contributed by atoms with Gasteiger partial charge in [-0.15, -0.1) is 0 Å². The second-order valence-corrected chi connectivity index (χ2v) is 5.77. The van der Waals surface area contributed by atoms with E-state index in [1.54, 1.807) is 0 Å². The molecule has 2 unspecified atom stereocenters. The summed E-state index contributed by atoms with van der Waals surface area (Å²) >= 11 is 0. The first-order valence-electron chi connectivity index (χ1n) is 5.40. The summed E-state index contributed by atoms with van der Waals surface area (Å²) in [6.07, 6.45) is 5.63. The van der Waals surface area contributed by atoms with Gasteiger partial charge in [0.05, 0.1) is 0 Å². The maximum atomic E-state index is 2.46. The molecule has 1 rings (SSSR count). The van der Waals surface area contributed by atoms with Crippen molar-refractivity contribution in [2.24, 2.45) is 16.7 Å². The van der Waals surface area contributed by atoms with Crippen molar-refractivity contribution in [1.29, 1.82) is 0 Å². The Balaban J connectivity index is 2.68. The molecule has 0 nitrogen and oxygen atoms in total. The number of hydrogen-bond acceptors (Lipinski definition) is 0. The smallest absolute Gasteiger partial charge is 0.0323 e. The summed E-state index contributed by atoms with van der Waals surface area (Å²) in [5.74, 6) is 0.914. The third kappa shape index (κ3) is 1.84. The zero-order chi connectivity index (χ0) is 9.41. The highest BCUT2D eigenvalue weighted by atomic mass is 14.4. The molecule has 0 aromatic carbocycles. The molecule has 0 heteroatoms. The zero-order valence-corrected chi connectivity index (χ0v) is 9.41. The Hall–Kier alpha value is 0. The van der Waals surface area contributed by atoms with E-state index in [0.717, 1.165) is 5.92 Å². The molecule has 1 aliphatic rings. The van der Waals surface area contributed by atoms with Gasteiger partial charge in [-0.05, 0) is 36.0 Å². The molecule has 0 radical (unpaired) electrons. The third-order valence-electron chi connectivity index (χ3n) is 4.25. The molecule has 0 spiro atoms. The van der Waals surface area contributed by atoms with Crippen LogP contribution in [0.15, 0.2) is 0 Å². The largest absolute Gasteiger partial charge is 0.0649 e. The maximum absolute atomic E-state index is 2.46. The average Bonchev–Trinajstić information content (AvgIpc) is 1.97. The van der Waals surface area contributed by atoms with Crippen LogP contribution in [0.3, 0.4) is 0 Å². The molecule has 1 saturated carbocycles. The van der Waals surface area contributed by atoms with E-state index in [1.165, 1.54) is 25.7 Å². The molecule has 2 atom stereocenters. The van der Waals surface area contributed by atoms with E-state index in [4.69, 9.17) is 0 Å². The highest BCUT2D eigenvalue weighted by molar-refractivity contribution is 4.90. The van der Waals surface area contributed by atoms with Crippen molar-refractivity contribution in [3.63, 3.8) is 0 Å². The third-order valence-corrected chi connectivity index (χ3v) is 4.25. The van der Waals surface area contributed by atoms with Crippen LogP contribution in [-0.4, -0.2) is 0 Å². The second-order valence-electron chi connectivity index (χ2n) is 5.77. The predicted molar refractivity (Wildman–Crippen MR) is 55.2 cm³/mol. The van der Waals surface area contributed by atoms with Gasteiger partial charge >= 0.3 is 0 Å².